The minimum atomic E-state index is -1.10. The number of amides is 3. The van der Waals surface area contributed by atoms with Gasteiger partial charge in [-0.3, -0.25) is 14.9 Å². The molecule has 12 heteroatoms. The van der Waals surface area contributed by atoms with Crippen LogP contribution in [0.5, 0.6) is 0 Å². The Morgan fingerprint density at radius 3 is 2.50 bits per heavy atom. The summed E-state index contributed by atoms with van der Waals surface area (Å²) in [5.41, 5.74) is 1.16. The molecule has 0 radical (unpaired) electrons. The van der Waals surface area contributed by atoms with Gasteiger partial charge in [0, 0.05) is 34.6 Å². The minimum Gasteiger partial charge on any atom is -0.444 e. The second-order valence-corrected chi connectivity index (χ2v) is 11.4. The smallest absolute Gasteiger partial charge is 0.413 e. The maximum atomic E-state index is 14.9. The fourth-order valence-electron chi connectivity index (χ4n) is 4.41. The highest BCUT2D eigenvalue weighted by molar-refractivity contribution is 7.13. The number of morpholine rings is 1. The maximum absolute atomic E-state index is 14.9. The second-order valence-electron chi connectivity index (χ2n) is 10.6. The van der Waals surface area contributed by atoms with Gasteiger partial charge in [0.15, 0.2) is 5.82 Å². The Morgan fingerprint density at radius 1 is 1.05 bits per heavy atom. The van der Waals surface area contributed by atoms with E-state index in [9.17, 15) is 18.8 Å². The molecule has 218 valence electrons. The normalized spacial score (nSPS) is 14.4. The Bertz CT molecular complexity index is 1620. The molecule has 0 spiro atoms. The van der Waals surface area contributed by atoms with E-state index in [4.69, 9.17) is 9.47 Å². The molecule has 0 saturated carbocycles. The van der Waals surface area contributed by atoms with Crippen LogP contribution in [0.15, 0.2) is 66.7 Å². The fourth-order valence-corrected chi connectivity index (χ4v) is 5.13. The van der Waals surface area contributed by atoms with Crippen LogP contribution >= 0.6 is 11.5 Å². The second kappa shape index (κ2) is 12.1. The van der Waals surface area contributed by atoms with Crippen molar-refractivity contribution in [2.75, 3.05) is 40.6 Å². The van der Waals surface area contributed by atoms with Crippen LogP contribution in [-0.4, -0.2) is 47.6 Å². The van der Waals surface area contributed by atoms with Gasteiger partial charge in [-0.1, -0.05) is 18.2 Å². The molecular weight excluding hydrogens is 561 g/mol. The largest absolute Gasteiger partial charge is 0.444 e. The van der Waals surface area contributed by atoms with Crippen molar-refractivity contribution >= 4 is 62.4 Å². The summed E-state index contributed by atoms with van der Waals surface area (Å²) in [6.07, 6.45) is -0.638. The summed E-state index contributed by atoms with van der Waals surface area (Å²) in [5.74, 6) is -0.856. The van der Waals surface area contributed by atoms with E-state index in [1.54, 1.807) is 86.3 Å². The molecule has 3 N–H and O–H groups in total. The number of fused-ring (bicyclic) bond motifs is 1. The van der Waals surface area contributed by atoms with Crippen molar-refractivity contribution in [2.24, 2.45) is 0 Å². The van der Waals surface area contributed by atoms with Crippen LogP contribution in [0.2, 0.25) is 0 Å². The van der Waals surface area contributed by atoms with E-state index in [-0.39, 0.29) is 18.1 Å². The highest BCUT2D eigenvalue weighted by Crippen LogP contribution is 2.32. The van der Waals surface area contributed by atoms with Gasteiger partial charge in [0.25, 0.3) is 11.8 Å². The fraction of sp³-hybridized carbons (Fsp3) is 0.267. The zero-order valence-electron chi connectivity index (χ0n) is 23.3. The lowest BCUT2D eigenvalue weighted by Crippen LogP contribution is -2.41. The van der Waals surface area contributed by atoms with Gasteiger partial charge in [-0.2, -0.15) is 4.37 Å². The van der Waals surface area contributed by atoms with E-state index in [0.717, 1.165) is 4.70 Å². The molecule has 0 bridgehead atoms. The van der Waals surface area contributed by atoms with E-state index in [1.807, 2.05) is 0 Å². The molecule has 4 aromatic rings. The summed E-state index contributed by atoms with van der Waals surface area (Å²) in [6, 6.07) is 17.1. The highest BCUT2D eigenvalue weighted by Gasteiger charge is 2.25. The number of carbonyl (C=O) groups excluding carboxylic acids is 3. The molecule has 3 amide bonds. The number of halogens is 1. The first kappa shape index (κ1) is 29.0. The van der Waals surface area contributed by atoms with Gasteiger partial charge in [0.2, 0.25) is 0 Å². The standard InChI is InChI=1S/C30H30FN5O5S/c1-30(2,3)41-29(39)34-27-22-16-19(10-13-24(22)42-35-27)32-26(21-6-4-5-7-23(21)31)28(38)33-18-8-11-20(12-9-18)36-14-15-40-17-25(36)37/h4-13,16,26,32H,14-15,17H2,1-3H3,(H,33,38)(H,34,35,39). The van der Waals surface area contributed by atoms with E-state index in [0.29, 0.717) is 41.4 Å². The quantitative estimate of drug-likeness (QED) is 0.243. The van der Waals surface area contributed by atoms with Gasteiger partial charge in [-0.15, -0.1) is 0 Å². The van der Waals surface area contributed by atoms with Crippen LogP contribution in [0.1, 0.15) is 32.4 Å². The molecule has 0 aliphatic carbocycles. The topological polar surface area (TPSA) is 122 Å². The molecule has 1 fully saturated rings. The summed E-state index contributed by atoms with van der Waals surface area (Å²) >= 11 is 1.20. The summed E-state index contributed by atoms with van der Waals surface area (Å²) in [7, 11) is 0. The molecule has 5 rings (SSSR count). The zero-order valence-corrected chi connectivity index (χ0v) is 24.1. The maximum Gasteiger partial charge on any atom is 0.413 e. The lowest BCUT2D eigenvalue weighted by Gasteiger charge is -2.27. The number of aromatic nitrogens is 1. The van der Waals surface area contributed by atoms with Crippen LogP contribution < -0.4 is 20.9 Å². The molecule has 1 aliphatic rings. The third-order valence-electron chi connectivity index (χ3n) is 6.31. The number of carbonyl (C=O) groups is 3. The Labute approximate surface area is 246 Å². The van der Waals surface area contributed by atoms with Crippen LogP contribution in [0.25, 0.3) is 10.1 Å². The molecule has 1 unspecified atom stereocenters. The van der Waals surface area contributed by atoms with Crippen molar-refractivity contribution in [3.05, 3.63) is 78.1 Å². The molecule has 1 saturated heterocycles. The number of benzene rings is 3. The van der Waals surface area contributed by atoms with Crippen molar-refractivity contribution in [2.45, 2.75) is 32.4 Å². The Balaban J connectivity index is 1.37. The number of hydrogen-bond donors (Lipinski definition) is 3. The van der Waals surface area contributed by atoms with Gasteiger partial charge in [-0.25, -0.2) is 9.18 Å². The van der Waals surface area contributed by atoms with E-state index < -0.39 is 29.5 Å². The molecule has 1 atom stereocenters. The SMILES string of the molecule is CC(C)(C)OC(=O)Nc1nsc2ccc(NC(C(=O)Nc3ccc(N4CCOCC4=O)cc3)c3ccccc3F)cc12. The van der Waals surface area contributed by atoms with Crippen molar-refractivity contribution in [3.8, 4) is 0 Å². The number of nitrogens with zero attached hydrogens (tertiary/aromatic N) is 2. The predicted octanol–water partition coefficient (Wildman–Crippen LogP) is 5.94. The predicted molar refractivity (Wildman–Crippen MR) is 160 cm³/mol. The van der Waals surface area contributed by atoms with E-state index in [2.05, 4.69) is 20.3 Å². The highest BCUT2D eigenvalue weighted by atomic mass is 32.1. The van der Waals surface area contributed by atoms with Crippen LogP contribution in [0, 0.1) is 5.82 Å². The van der Waals surface area contributed by atoms with Gasteiger partial charge < -0.3 is 25.0 Å². The molecular formula is C30H30FN5O5S. The lowest BCUT2D eigenvalue weighted by molar-refractivity contribution is -0.125. The number of hydrogen-bond acceptors (Lipinski definition) is 8. The number of ether oxygens (including phenoxy) is 2. The summed E-state index contributed by atoms with van der Waals surface area (Å²) in [4.78, 5) is 39.7. The molecule has 42 heavy (non-hydrogen) atoms. The van der Waals surface area contributed by atoms with E-state index in [1.165, 1.54) is 17.6 Å². The molecule has 1 aliphatic heterocycles. The lowest BCUT2D eigenvalue weighted by atomic mass is 10.0. The molecule has 10 nitrogen and oxygen atoms in total. The number of nitrogens with one attached hydrogen (secondary N) is 3. The summed E-state index contributed by atoms with van der Waals surface area (Å²) in [6.45, 7) is 6.22. The Hall–Kier alpha value is -4.55. The average Bonchev–Trinajstić information content (AvgIpc) is 3.33. The van der Waals surface area contributed by atoms with Crippen molar-refractivity contribution < 1.29 is 28.2 Å². The average molecular weight is 592 g/mol. The first-order valence-corrected chi connectivity index (χ1v) is 14.0. The van der Waals surface area contributed by atoms with Crippen molar-refractivity contribution in [1.82, 2.24) is 4.37 Å². The molecule has 1 aromatic heterocycles. The van der Waals surface area contributed by atoms with E-state index >= 15 is 0 Å². The first-order valence-electron chi connectivity index (χ1n) is 13.3. The monoisotopic (exact) mass is 591 g/mol. The zero-order chi connectivity index (χ0) is 29.9. The number of anilines is 4. The van der Waals surface area contributed by atoms with Gasteiger partial charge in [0.05, 0.1) is 11.3 Å². The Kier molecular flexibility index (Phi) is 8.36. The van der Waals surface area contributed by atoms with Gasteiger partial charge >= 0.3 is 6.09 Å². The molecule has 2 heterocycles. The molecule has 3 aromatic carbocycles. The first-order chi connectivity index (χ1) is 20.1. The third-order valence-corrected chi connectivity index (χ3v) is 7.14. The minimum absolute atomic E-state index is 0.0280. The van der Waals surface area contributed by atoms with Crippen molar-refractivity contribution in [1.29, 1.82) is 0 Å². The third kappa shape index (κ3) is 6.84. The van der Waals surface area contributed by atoms with Crippen LogP contribution in [-0.2, 0) is 19.1 Å². The van der Waals surface area contributed by atoms with Gasteiger partial charge in [-0.05, 0) is 80.8 Å². The van der Waals surface area contributed by atoms with Gasteiger partial charge in [0.1, 0.15) is 24.1 Å². The van der Waals surface area contributed by atoms with Crippen molar-refractivity contribution in [3.63, 3.8) is 0 Å². The van der Waals surface area contributed by atoms with Crippen LogP contribution in [0.4, 0.5) is 32.1 Å². The summed E-state index contributed by atoms with van der Waals surface area (Å²) < 4.78 is 30.6. The Morgan fingerprint density at radius 2 is 1.79 bits per heavy atom. The number of rotatable bonds is 7. The summed E-state index contributed by atoms with van der Waals surface area (Å²) in [5, 5.41) is 9.29. The van der Waals surface area contributed by atoms with Crippen LogP contribution in [0.3, 0.4) is 0 Å².